The van der Waals surface area contributed by atoms with E-state index in [1.54, 1.807) is 23.5 Å². The molecule has 1 aliphatic rings. The van der Waals surface area contributed by atoms with Crippen LogP contribution in [-0.4, -0.2) is 22.5 Å². The van der Waals surface area contributed by atoms with Crippen molar-refractivity contribution in [1.82, 2.24) is 9.97 Å². The average molecular weight is 316 g/mol. The maximum absolute atomic E-state index is 4.88. The van der Waals surface area contributed by atoms with Gasteiger partial charge in [-0.2, -0.15) is 0 Å². The fraction of sp³-hybridized carbons (Fsp3) is 0.412. The molecule has 0 saturated carbocycles. The number of hydrogen-bond acceptors (Lipinski definition) is 4. The minimum absolute atomic E-state index is 0.990. The van der Waals surface area contributed by atoms with Gasteiger partial charge in [-0.15, -0.1) is 23.5 Å². The fourth-order valence-electron chi connectivity index (χ4n) is 2.85. The summed E-state index contributed by atoms with van der Waals surface area (Å²) in [6, 6.07) is 8.45. The second-order valence-electron chi connectivity index (χ2n) is 5.28. The van der Waals surface area contributed by atoms with Crippen LogP contribution in [0.25, 0.3) is 11.4 Å². The van der Waals surface area contributed by atoms with E-state index in [9.17, 15) is 0 Å². The molecule has 21 heavy (non-hydrogen) atoms. The van der Waals surface area contributed by atoms with Gasteiger partial charge in [0.15, 0.2) is 0 Å². The molecule has 0 aromatic carbocycles. The SMILES string of the molecule is CSc1cccc(-c2cc3c(c(SC)n2)CCCCC3)n1. The molecule has 1 aliphatic carbocycles. The molecule has 0 radical (unpaired) electrons. The van der Waals surface area contributed by atoms with E-state index in [-0.39, 0.29) is 0 Å². The predicted molar refractivity (Wildman–Crippen MR) is 92.3 cm³/mol. The second-order valence-corrected chi connectivity index (χ2v) is 6.90. The minimum Gasteiger partial charge on any atom is -0.240 e. The lowest BCUT2D eigenvalue weighted by Gasteiger charge is -2.13. The van der Waals surface area contributed by atoms with Crippen molar-refractivity contribution in [3.05, 3.63) is 35.4 Å². The van der Waals surface area contributed by atoms with Gasteiger partial charge >= 0.3 is 0 Å². The summed E-state index contributed by atoms with van der Waals surface area (Å²) in [4.78, 5) is 9.58. The van der Waals surface area contributed by atoms with Gasteiger partial charge in [0.2, 0.25) is 0 Å². The maximum atomic E-state index is 4.88. The van der Waals surface area contributed by atoms with E-state index in [1.165, 1.54) is 48.3 Å². The van der Waals surface area contributed by atoms with Crippen LogP contribution in [0, 0.1) is 0 Å². The van der Waals surface area contributed by atoms with Gasteiger partial charge in [-0.1, -0.05) is 12.5 Å². The molecule has 0 atom stereocenters. The molecule has 2 aromatic rings. The number of pyridine rings is 2. The molecular weight excluding hydrogens is 296 g/mol. The zero-order valence-corrected chi connectivity index (χ0v) is 14.2. The van der Waals surface area contributed by atoms with Crippen molar-refractivity contribution in [2.45, 2.75) is 42.2 Å². The number of nitrogens with zero attached hydrogens (tertiary/aromatic N) is 2. The predicted octanol–water partition coefficient (Wildman–Crippen LogP) is 4.86. The highest BCUT2D eigenvalue weighted by atomic mass is 32.2. The van der Waals surface area contributed by atoms with E-state index in [4.69, 9.17) is 9.97 Å². The van der Waals surface area contributed by atoms with E-state index in [0.29, 0.717) is 0 Å². The summed E-state index contributed by atoms with van der Waals surface area (Å²) in [5.41, 5.74) is 4.98. The Balaban J connectivity index is 2.08. The molecular formula is C17H20N2S2. The highest BCUT2D eigenvalue weighted by Crippen LogP contribution is 2.31. The van der Waals surface area contributed by atoms with Gasteiger partial charge in [0.1, 0.15) is 0 Å². The molecule has 0 amide bonds. The Bertz CT molecular complexity index is 641. The van der Waals surface area contributed by atoms with E-state index in [1.807, 2.05) is 6.07 Å². The first-order valence-electron chi connectivity index (χ1n) is 7.40. The first-order valence-corrected chi connectivity index (χ1v) is 9.85. The van der Waals surface area contributed by atoms with Crippen LogP contribution < -0.4 is 0 Å². The zero-order valence-electron chi connectivity index (χ0n) is 12.6. The summed E-state index contributed by atoms with van der Waals surface area (Å²) in [6.07, 6.45) is 10.5. The van der Waals surface area contributed by atoms with Crippen molar-refractivity contribution >= 4 is 23.5 Å². The summed E-state index contributed by atoms with van der Waals surface area (Å²) in [5, 5.41) is 2.25. The molecule has 0 spiro atoms. The van der Waals surface area contributed by atoms with Crippen LogP contribution in [0.2, 0.25) is 0 Å². The van der Waals surface area contributed by atoms with Crippen molar-refractivity contribution in [1.29, 1.82) is 0 Å². The Kier molecular flexibility index (Phi) is 4.86. The van der Waals surface area contributed by atoms with Gasteiger partial charge in [-0.3, -0.25) is 0 Å². The Morgan fingerprint density at radius 1 is 0.905 bits per heavy atom. The third-order valence-electron chi connectivity index (χ3n) is 3.94. The zero-order chi connectivity index (χ0) is 14.7. The Labute approximate surface area is 135 Å². The first kappa shape index (κ1) is 14.9. The molecule has 2 nitrogen and oxygen atoms in total. The normalized spacial score (nSPS) is 14.6. The second kappa shape index (κ2) is 6.84. The van der Waals surface area contributed by atoms with Crippen LogP contribution in [0.4, 0.5) is 0 Å². The van der Waals surface area contributed by atoms with E-state index in [2.05, 4.69) is 30.7 Å². The summed E-state index contributed by atoms with van der Waals surface area (Å²) < 4.78 is 0. The third kappa shape index (κ3) is 3.27. The number of aromatic nitrogens is 2. The number of thioether (sulfide) groups is 2. The molecule has 2 aromatic heterocycles. The van der Waals surface area contributed by atoms with Crippen molar-refractivity contribution in [2.75, 3.05) is 12.5 Å². The van der Waals surface area contributed by atoms with Gasteiger partial charge in [0.05, 0.1) is 21.4 Å². The molecule has 0 fully saturated rings. The number of aryl methyl sites for hydroxylation is 1. The van der Waals surface area contributed by atoms with Gasteiger partial charge in [0, 0.05) is 0 Å². The van der Waals surface area contributed by atoms with E-state index < -0.39 is 0 Å². The quantitative estimate of drug-likeness (QED) is 0.597. The molecule has 0 aliphatic heterocycles. The standard InChI is InChI=1S/C17H20N2S2/c1-20-16-10-6-9-14(18-16)15-11-12-7-4-3-5-8-13(12)17(19-15)21-2/h6,9-11H,3-5,7-8H2,1-2H3. The number of fused-ring (bicyclic) bond motifs is 1. The topological polar surface area (TPSA) is 25.8 Å². The summed E-state index contributed by atoms with van der Waals surface area (Å²) in [7, 11) is 0. The number of rotatable bonds is 3. The lowest BCUT2D eigenvalue weighted by atomic mass is 10.0. The molecule has 0 unspecified atom stereocenters. The number of hydrogen-bond donors (Lipinski definition) is 0. The first-order chi connectivity index (χ1) is 10.3. The minimum atomic E-state index is 0.990. The largest absolute Gasteiger partial charge is 0.240 e. The van der Waals surface area contributed by atoms with Gasteiger partial charge in [-0.05, 0) is 67.5 Å². The lowest BCUT2D eigenvalue weighted by molar-refractivity contribution is 0.709. The van der Waals surface area contributed by atoms with Crippen LogP contribution in [-0.2, 0) is 12.8 Å². The molecule has 3 rings (SSSR count). The van der Waals surface area contributed by atoms with Crippen LogP contribution >= 0.6 is 23.5 Å². The maximum Gasteiger partial charge on any atom is 0.1000 e. The Morgan fingerprint density at radius 3 is 2.57 bits per heavy atom. The molecule has 0 N–H and O–H groups in total. The highest BCUT2D eigenvalue weighted by molar-refractivity contribution is 7.98. The Hall–Kier alpha value is -1.00. The summed E-state index contributed by atoms with van der Waals surface area (Å²) in [6.45, 7) is 0. The smallest absolute Gasteiger partial charge is 0.1000 e. The van der Waals surface area contributed by atoms with Crippen molar-refractivity contribution in [3.63, 3.8) is 0 Å². The van der Waals surface area contributed by atoms with Crippen LogP contribution in [0.1, 0.15) is 30.4 Å². The van der Waals surface area contributed by atoms with Gasteiger partial charge < -0.3 is 0 Å². The average Bonchev–Trinajstić information content (AvgIpc) is 2.79. The highest BCUT2D eigenvalue weighted by Gasteiger charge is 2.16. The summed E-state index contributed by atoms with van der Waals surface area (Å²) in [5.74, 6) is 0. The monoisotopic (exact) mass is 316 g/mol. The third-order valence-corrected chi connectivity index (χ3v) is 5.31. The lowest BCUT2D eigenvalue weighted by Crippen LogP contribution is -2.00. The van der Waals surface area contributed by atoms with E-state index in [0.717, 1.165) is 16.4 Å². The van der Waals surface area contributed by atoms with Crippen molar-refractivity contribution in [3.8, 4) is 11.4 Å². The van der Waals surface area contributed by atoms with Crippen LogP contribution in [0.3, 0.4) is 0 Å². The van der Waals surface area contributed by atoms with E-state index >= 15 is 0 Å². The Morgan fingerprint density at radius 2 is 1.76 bits per heavy atom. The van der Waals surface area contributed by atoms with Crippen LogP contribution in [0.5, 0.6) is 0 Å². The van der Waals surface area contributed by atoms with Crippen molar-refractivity contribution < 1.29 is 0 Å². The molecule has 0 saturated heterocycles. The van der Waals surface area contributed by atoms with Crippen LogP contribution in [0.15, 0.2) is 34.3 Å². The molecule has 2 heterocycles. The van der Waals surface area contributed by atoms with Gasteiger partial charge in [0.25, 0.3) is 0 Å². The molecule has 4 heteroatoms. The fourth-order valence-corrected chi connectivity index (χ4v) is 3.93. The summed E-state index contributed by atoms with van der Waals surface area (Å²) >= 11 is 3.44. The van der Waals surface area contributed by atoms with Crippen molar-refractivity contribution in [2.24, 2.45) is 0 Å². The van der Waals surface area contributed by atoms with Gasteiger partial charge in [-0.25, -0.2) is 9.97 Å². The molecule has 0 bridgehead atoms. The molecule has 110 valence electrons.